The Hall–Kier alpha value is -4.40. The molecule has 4 N–H and O–H groups in total. The van der Waals surface area contributed by atoms with Gasteiger partial charge in [0.15, 0.2) is 0 Å². The molecule has 0 aliphatic rings. The van der Waals surface area contributed by atoms with Gasteiger partial charge in [0.25, 0.3) is 5.91 Å². The van der Waals surface area contributed by atoms with E-state index in [4.69, 9.17) is 10.5 Å². The first-order valence-corrected chi connectivity index (χ1v) is 13.7. The van der Waals surface area contributed by atoms with Gasteiger partial charge in [-0.2, -0.15) is 0 Å². The molecule has 3 rings (SSSR count). The topological polar surface area (TPSA) is 131 Å². The lowest BCUT2D eigenvalue weighted by atomic mass is 9.93. The van der Waals surface area contributed by atoms with Gasteiger partial charge in [-0.1, -0.05) is 55.5 Å². The lowest BCUT2D eigenvalue weighted by Crippen LogP contribution is -2.53. The Morgan fingerprint density at radius 1 is 0.927 bits per heavy atom. The maximum absolute atomic E-state index is 14.1. The minimum atomic E-state index is -1.32. The van der Waals surface area contributed by atoms with Crippen LogP contribution < -0.4 is 16.4 Å². The van der Waals surface area contributed by atoms with Crippen molar-refractivity contribution in [3.05, 3.63) is 77.4 Å². The summed E-state index contributed by atoms with van der Waals surface area (Å²) < 4.78 is 5.33. The number of aryl methyl sites for hydroxylation is 2. The van der Waals surface area contributed by atoms with E-state index < -0.39 is 47.9 Å². The first-order valence-electron chi connectivity index (χ1n) is 13.7. The number of ether oxygens (including phenoxy) is 1. The molecule has 0 radical (unpaired) electrons. The second-order valence-corrected chi connectivity index (χ2v) is 11.2. The number of anilines is 1. The maximum Gasteiger partial charge on any atom is 0.408 e. The zero-order valence-electron chi connectivity index (χ0n) is 24.6. The van der Waals surface area contributed by atoms with Crippen LogP contribution in [0.3, 0.4) is 0 Å². The van der Waals surface area contributed by atoms with Crippen LogP contribution in [0.2, 0.25) is 0 Å². The largest absolute Gasteiger partial charge is 0.444 e. The Kier molecular flexibility index (Phi) is 10.1. The third kappa shape index (κ3) is 8.30. The Morgan fingerprint density at radius 2 is 1.56 bits per heavy atom. The first-order chi connectivity index (χ1) is 19.3. The Morgan fingerprint density at radius 3 is 2.15 bits per heavy atom. The highest BCUT2D eigenvalue weighted by Crippen LogP contribution is 2.30. The van der Waals surface area contributed by atoms with E-state index in [1.54, 1.807) is 20.8 Å². The maximum atomic E-state index is 14.1. The van der Waals surface area contributed by atoms with Crippen LogP contribution in [0.15, 0.2) is 60.7 Å². The molecule has 0 saturated carbocycles. The number of alkyl carbamates (subject to hydrolysis) is 1. The van der Waals surface area contributed by atoms with Crippen molar-refractivity contribution < 1.29 is 23.9 Å². The van der Waals surface area contributed by atoms with Crippen molar-refractivity contribution >= 4 is 40.3 Å². The predicted molar refractivity (Wildman–Crippen MR) is 160 cm³/mol. The average molecular weight is 561 g/mol. The number of carbonyl (C=O) groups excluding carboxylic acids is 4. The number of primary amides is 1. The highest BCUT2D eigenvalue weighted by Gasteiger charge is 2.38. The average Bonchev–Trinajstić information content (AvgIpc) is 2.87. The standard InChI is InChI=1S/C32H40N4O5/c1-7-17-36(30(39)25(19-26(33)37)35-31(40)41-32(4,5)6)28(27-20(2)11-10-12-21(27)3)29(38)34-24-16-15-22-13-8-9-14-23(22)18-24/h8-16,18,25,28H,7,17,19H2,1-6H3,(H2,33,37)(H,34,38)(H,35,40). The summed E-state index contributed by atoms with van der Waals surface area (Å²) in [5.41, 5.74) is 7.54. The van der Waals surface area contributed by atoms with E-state index in [1.807, 2.05) is 81.4 Å². The molecule has 0 aliphatic heterocycles. The van der Waals surface area contributed by atoms with Crippen LogP contribution in [-0.4, -0.2) is 46.9 Å². The first kappa shape index (κ1) is 31.1. The van der Waals surface area contributed by atoms with E-state index in [9.17, 15) is 19.2 Å². The Balaban J connectivity index is 2.06. The van der Waals surface area contributed by atoms with Gasteiger partial charge in [0.1, 0.15) is 17.7 Å². The molecule has 0 aromatic heterocycles. The summed E-state index contributed by atoms with van der Waals surface area (Å²) >= 11 is 0. The van der Waals surface area contributed by atoms with Gasteiger partial charge in [0.2, 0.25) is 11.8 Å². The van der Waals surface area contributed by atoms with Crippen LogP contribution in [0.1, 0.15) is 63.3 Å². The SMILES string of the molecule is CCCN(C(=O)C(CC(N)=O)NC(=O)OC(C)(C)C)C(C(=O)Nc1ccc2ccccc2c1)c1c(C)cccc1C. The molecule has 41 heavy (non-hydrogen) atoms. The summed E-state index contributed by atoms with van der Waals surface area (Å²) in [4.78, 5) is 54.2. The molecular weight excluding hydrogens is 520 g/mol. The highest BCUT2D eigenvalue weighted by molar-refractivity contribution is 6.01. The lowest BCUT2D eigenvalue weighted by Gasteiger charge is -2.35. The second kappa shape index (κ2) is 13.3. The molecule has 4 amide bonds. The molecule has 2 atom stereocenters. The zero-order valence-corrected chi connectivity index (χ0v) is 24.6. The van der Waals surface area contributed by atoms with Crippen molar-refractivity contribution in [2.45, 2.75) is 72.1 Å². The van der Waals surface area contributed by atoms with Gasteiger partial charge in [-0.3, -0.25) is 14.4 Å². The number of nitrogens with two attached hydrogens (primary N) is 1. The molecule has 0 bridgehead atoms. The molecule has 0 spiro atoms. The molecule has 0 aliphatic carbocycles. The molecule has 3 aromatic rings. The highest BCUT2D eigenvalue weighted by atomic mass is 16.6. The summed E-state index contributed by atoms with van der Waals surface area (Å²) in [5.74, 6) is -1.81. The van der Waals surface area contributed by atoms with Crippen LogP contribution in [0.4, 0.5) is 10.5 Å². The molecule has 9 nitrogen and oxygen atoms in total. The van der Waals surface area contributed by atoms with Crippen LogP contribution in [-0.2, 0) is 19.1 Å². The molecular formula is C32H40N4O5. The van der Waals surface area contributed by atoms with E-state index in [0.717, 1.165) is 21.9 Å². The van der Waals surface area contributed by atoms with Gasteiger partial charge in [-0.25, -0.2) is 4.79 Å². The molecule has 0 saturated heterocycles. The van der Waals surface area contributed by atoms with Gasteiger partial charge in [-0.05, 0) is 80.6 Å². The van der Waals surface area contributed by atoms with E-state index >= 15 is 0 Å². The smallest absolute Gasteiger partial charge is 0.408 e. The van der Waals surface area contributed by atoms with E-state index in [2.05, 4.69) is 10.6 Å². The predicted octanol–water partition coefficient (Wildman–Crippen LogP) is 5.14. The van der Waals surface area contributed by atoms with Crippen LogP contribution in [0, 0.1) is 13.8 Å². The number of nitrogens with zero attached hydrogens (tertiary/aromatic N) is 1. The van der Waals surface area contributed by atoms with Crippen molar-refractivity contribution in [1.82, 2.24) is 10.2 Å². The van der Waals surface area contributed by atoms with Gasteiger partial charge >= 0.3 is 6.09 Å². The summed E-state index contributed by atoms with van der Waals surface area (Å²) in [6, 6.07) is 16.7. The minimum Gasteiger partial charge on any atom is -0.444 e. The quantitative estimate of drug-likeness (QED) is 0.316. The number of nitrogens with one attached hydrogen (secondary N) is 2. The van der Waals surface area contributed by atoms with Crippen molar-refractivity contribution in [2.75, 3.05) is 11.9 Å². The number of rotatable bonds is 10. The lowest BCUT2D eigenvalue weighted by molar-refractivity contribution is -0.141. The fraction of sp³-hybridized carbons (Fsp3) is 0.375. The monoisotopic (exact) mass is 560 g/mol. The normalized spacial score (nSPS) is 12.7. The van der Waals surface area contributed by atoms with Crippen LogP contribution in [0.5, 0.6) is 0 Å². The fourth-order valence-corrected chi connectivity index (χ4v) is 4.82. The van der Waals surface area contributed by atoms with Crippen LogP contribution >= 0.6 is 0 Å². The summed E-state index contributed by atoms with van der Waals surface area (Å²) in [5, 5.41) is 7.49. The molecule has 2 unspecified atom stereocenters. The number of benzene rings is 3. The number of carbonyl (C=O) groups is 4. The van der Waals surface area contributed by atoms with Gasteiger partial charge < -0.3 is 26.0 Å². The Labute approximate surface area is 241 Å². The van der Waals surface area contributed by atoms with Crippen molar-refractivity contribution in [2.24, 2.45) is 5.73 Å². The van der Waals surface area contributed by atoms with Gasteiger partial charge in [-0.15, -0.1) is 0 Å². The van der Waals surface area contributed by atoms with E-state index in [-0.39, 0.29) is 6.54 Å². The summed E-state index contributed by atoms with van der Waals surface area (Å²) in [7, 11) is 0. The van der Waals surface area contributed by atoms with Crippen LogP contribution in [0.25, 0.3) is 10.8 Å². The zero-order chi connectivity index (χ0) is 30.3. The van der Waals surface area contributed by atoms with E-state index in [0.29, 0.717) is 17.7 Å². The molecule has 0 heterocycles. The third-order valence-electron chi connectivity index (χ3n) is 6.53. The van der Waals surface area contributed by atoms with E-state index in [1.165, 1.54) is 4.90 Å². The van der Waals surface area contributed by atoms with Crippen molar-refractivity contribution in [3.63, 3.8) is 0 Å². The molecule has 218 valence electrons. The molecule has 3 aromatic carbocycles. The number of amides is 4. The number of fused-ring (bicyclic) bond motifs is 1. The number of hydrogen-bond donors (Lipinski definition) is 3. The second-order valence-electron chi connectivity index (χ2n) is 11.2. The third-order valence-corrected chi connectivity index (χ3v) is 6.53. The van der Waals surface area contributed by atoms with Crippen molar-refractivity contribution in [3.8, 4) is 0 Å². The van der Waals surface area contributed by atoms with Gasteiger partial charge in [0.05, 0.1) is 6.42 Å². The van der Waals surface area contributed by atoms with Gasteiger partial charge in [0, 0.05) is 12.2 Å². The Bertz CT molecular complexity index is 1410. The number of hydrogen-bond acceptors (Lipinski definition) is 5. The molecule has 0 fully saturated rings. The summed E-state index contributed by atoms with van der Waals surface area (Å²) in [6.45, 7) is 10.9. The summed E-state index contributed by atoms with van der Waals surface area (Å²) in [6.07, 6.45) is -0.797. The van der Waals surface area contributed by atoms with Crippen molar-refractivity contribution in [1.29, 1.82) is 0 Å². The fourth-order valence-electron chi connectivity index (χ4n) is 4.82. The molecule has 9 heteroatoms. The minimum absolute atomic E-state index is 0.188.